The molecule has 0 fully saturated rings. The Hall–Kier alpha value is -1.36. The summed E-state index contributed by atoms with van der Waals surface area (Å²) in [5.41, 5.74) is 2.23. The minimum Gasteiger partial charge on any atom is -1.00 e. The van der Waals surface area contributed by atoms with E-state index >= 15 is 0 Å². The number of halogens is 1. The highest BCUT2D eigenvalue weighted by Gasteiger charge is 1.92. The van der Waals surface area contributed by atoms with Crippen LogP contribution in [0.25, 0.3) is 12.2 Å². The molecule has 0 aliphatic rings. The molecular weight excluding hydrogens is 325 g/mol. The van der Waals surface area contributed by atoms with Crippen LogP contribution in [0.5, 0.6) is 5.75 Å². The maximum absolute atomic E-state index is 9.15. The molecule has 2 rings (SSSR count). The van der Waals surface area contributed by atoms with Gasteiger partial charge in [-0.3, -0.25) is 0 Å². The number of benzene rings is 1. The van der Waals surface area contributed by atoms with Crippen molar-refractivity contribution in [3.8, 4) is 5.75 Å². The molecule has 0 radical (unpaired) electrons. The summed E-state index contributed by atoms with van der Waals surface area (Å²) < 4.78 is 2.00. The van der Waals surface area contributed by atoms with Crippen LogP contribution >= 0.6 is 0 Å². The van der Waals surface area contributed by atoms with Crippen molar-refractivity contribution < 1.29 is 33.7 Å². The lowest BCUT2D eigenvalue weighted by Crippen LogP contribution is -3.00. The molecule has 1 heterocycles. The smallest absolute Gasteiger partial charge is 0.169 e. The highest BCUT2D eigenvalue weighted by Crippen LogP contribution is 2.12. The van der Waals surface area contributed by atoms with Crippen LogP contribution in [0.15, 0.2) is 48.8 Å². The standard InChI is InChI=1S/C14H13NO.HI/c1-15-10-8-13(9-11-15)3-2-12-4-6-14(16)7-5-12;/h2-11H,1H3;1H. The van der Waals surface area contributed by atoms with Crippen molar-refractivity contribution in [2.24, 2.45) is 7.05 Å². The van der Waals surface area contributed by atoms with Crippen LogP contribution < -0.4 is 28.5 Å². The molecule has 3 heteroatoms. The Labute approximate surface area is 118 Å². The second-order valence-electron chi connectivity index (χ2n) is 3.72. The molecule has 0 aliphatic carbocycles. The highest BCUT2D eigenvalue weighted by atomic mass is 127. The van der Waals surface area contributed by atoms with Crippen LogP contribution in [0.3, 0.4) is 0 Å². The number of aromatic nitrogens is 1. The number of aryl methyl sites for hydroxylation is 1. The van der Waals surface area contributed by atoms with E-state index in [4.69, 9.17) is 5.11 Å². The molecule has 1 N–H and O–H groups in total. The molecule has 0 bridgehead atoms. The van der Waals surface area contributed by atoms with Crippen molar-refractivity contribution >= 4 is 12.2 Å². The first-order valence-corrected chi connectivity index (χ1v) is 5.16. The Morgan fingerprint density at radius 2 is 1.35 bits per heavy atom. The van der Waals surface area contributed by atoms with E-state index in [1.165, 1.54) is 0 Å². The van der Waals surface area contributed by atoms with Crippen molar-refractivity contribution in [3.05, 3.63) is 59.9 Å². The summed E-state index contributed by atoms with van der Waals surface area (Å²) in [6.45, 7) is 0. The van der Waals surface area contributed by atoms with E-state index in [9.17, 15) is 0 Å². The molecule has 0 spiro atoms. The van der Waals surface area contributed by atoms with E-state index in [1.807, 2.05) is 48.3 Å². The van der Waals surface area contributed by atoms with Gasteiger partial charge in [-0.2, -0.15) is 0 Å². The molecule has 1 aromatic heterocycles. The summed E-state index contributed by atoms with van der Waals surface area (Å²) >= 11 is 0. The molecule has 2 nitrogen and oxygen atoms in total. The second-order valence-corrected chi connectivity index (χ2v) is 3.72. The van der Waals surface area contributed by atoms with Gasteiger partial charge in [-0.1, -0.05) is 24.3 Å². The number of phenolic OH excluding ortho intramolecular Hbond substituents is 1. The third-order valence-electron chi connectivity index (χ3n) is 2.37. The van der Waals surface area contributed by atoms with Crippen molar-refractivity contribution in [2.45, 2.75) is 0 Å². The van der Waals surface area contributed by atoms with Gasteiger partial charge in [0.25, 0.3) is 0 Å². The number of rotatable bonds is 2. The van der Waals surface area contributed by atoms with Crippen LogP contribution in [0.4, 0.5) is 0 Å². The second kappa shape index (κ2) is 6.39. The van der Waals surface area contributed by atoms with Crippen molar-refractivity contribution in [3.63, 3.8) is 0 Å². The molecule has 0 saturated carbocycles. The first-order valence-electron chi connectivity index (χ1n) is 5.16. The number of hydrogen-bond acceptors (Lipinski definition) is 1. The van der Waals surface area contributed by atoms with Crippen LogP contribution in [0.2, 0.25) is 0 Å². The molecular formula is C14H14INO. The van der Waals surface area contributed by atoms with Gasteiger partial charge in [-0.15, -0.1) is 0 Å². The van der Waals surface area contributed by atoms with Crippen molar-refractivity contribution in [2.75, 3.05) is 0 Å². The lowest BCUT2D eigenvalue weighted by atomic mass is 10.1. The SMILES string of the molecule is C[n+]1ccc(C=Cc2ccc(O)cc2)cc1.[I-]. The summed E-state index contributed by atoms with van der Waals surface area (Å²) in [5.74, 6) is 0.295. The predicted octanol–water partition coefficient (Wildman–Crippen LogP) is -0.609. The van der Waals surface area contributed by atoms with Gasteiger partial charge in [0.1, 0.15) is 12.8 Å². The molecule has 0 aliphatic heterocycles. The van der Waals surface area contributed by atoms with Gasteiger partial charge in [-0.05, 0) is 23.3 Å². The maximum Gasteiger partial charge on any atom is 0.169 e. The number of nitrogens with zero attached hydrogens (tertiary/aromatic N) is 1. The number of phenols is 1. The van der Waals surface area contributed by atoms with Gasteiger partial charge in [0.2, 0.25) is 0 Å². The first-order chi connectivity index (χ1) is 7.74. The van der Waals surface area contributed by atoms with Crippen LogP contribution in [0, 0.1) is 0 Å². The Morgan fingerprint density at radius 1 is 0.882 bits per heavy atom. The summed E-state index contributed by atoms with van der Waals surface area (Å²) in [7, 11) is 1.99. The molecule has 88 valence electrons. The lowest BCUT2D eigenvalue weighted by Gasteiger charge is -1.94. The number of pyridine rings is 1. The Bertz CT molecular complexity index is 441. The van der Waals surface area contributed by atoms with E-state index < -0.39 is 0 Å². The normalized spacial score (nSPS) is 10.2. The fraction of sp³-hybridized carbons (Fsp3) is 0.0714. The Kier molecular flexibility index (Phi) is 5.15. The van der Waals surface area contributed by atoms with E-state index in [-0.39, 0.29) is 24.0 Å². The molecule has 0 saturated heterocycles. The van der Waals surface area contributed by atoms with Gasteiger partial charge in [0, 0.05) is 12.1 Å². The van der Waals surface area contributed by atoms with Crippen LogP contribution in [0.1, 0.15) is 11.1 Å². The molecule has 17 heavy (non-hydrogen) atoms. The van der Waals surface area contributed by atoms with Gasteiger partial charge in [-0.25, -0.2) is 4.57 Å². The molecule has 0 unspecified atom stereocenters. The summed E-state index contributed by atoms with van der Waals surface area (Å²) in [6, 6.07) is 11.2. The zero-order chi connectivity index (χ0) is 11.4. The predicted molar refractivity (Wildman–Crippen MR) is 64.7 cm³/mol. The summed E-state index contributed by atoms with van der Waals surface area (Å²) in [4.78, 5) is 0. The van der Waals surface area contributed by atoms with Crippen molar-refractivity contribution in [1.82, 2.24) is 0 Å². The average molecular weight is 339 g/mol. The monoisotopic (exact) mass is 339 g/mol. The van der Waals surface area contributed by atoms with Gasteiger partial charge >= 0.3 is 0 Å². The van der Waals surface area contributed by atoms with Crippen LogP contribution in [-0.2, 0) is 7.05 Å². The third-order valence-corrected chi connectivity index (χ3v) is 2.37. The minimum absolute atomic E-state index is 0. The first kappa shape index (κ1) is 13.7. The fourth-order valence-electron chi connectivity index (χ4n) is 1.40. The summed E-state index contributed by atoms with van der Waals surface area (Å²) in [6.07, 6.45) is 8.09. The Morgan fingerprint density at radius 3 is 1.88 bits per heavy atom. The zero-order valence-electron chi connectivity index (χ0n) is 9.55. The third kappa shape index (κ3) is 4.19. The molecule has 0 atom stereocenters. The lowest BCUT2D eigenvalue weighted by molar-refractivity contribution is -0.671. The molecule has 1 aromatic carbocycles. The van der Waals surface area contributed by atoms with E-state index in [0.29, 0.717) is 5.75 Å². The van der Waals surface area contributed by atoms with E-state index in [1.54, 1.807) is 12.1 Å². The van der Waals surface area contributed by atoms with Crippen molar-refractivity contribution in [1.29, 1.82) is 0 Å². The van der Waals surface area contributed by atoms with Gasteiger partial charge < -0.3 is 29.1 Å². The largest absolute Gasteiger partial charge is 1.00 e. The van der Waals surface area contributed by atoms with Gasteiger partial charge in [0.05, 0.1) is 0 Å². The molecule has 2 aromatic rings. The Balaban J connectivity index is 0.00000144. The zero-order valence-corrected chi connectivity index (χ0v) is 11.7. The maximum atomic E-state index is 9.15. The van der Waals surface area contributed by atoms with E-state index in [2.05, 4.69) is 12.1 Å². The fourth-order valence-corrected chi connectivity index (χ4v) is 1.40. The van der Waals surface area contributed by atoms with Crippen LogP contribution in [-0.4, -0.2) is 5.11 Å². The minimum atomic E-state index is 0. The van der Waals surface area contributed by atoms with Gasteiger partial charge in [0.15, 0.2) is 12.4 Å². The quantitative estimate of drug-likeness (QED) is 0.573. The topological polar surface area (TPSA) is 24.1 Å². The number of aromatic hydroxyl groups is 1. The van der Waals surface area contributed by atoms with E-state index in [0.717, 1.165) is 11.1 Å². The molecule has 0 amide bonds. The average Bonchev–Trinajstić information content (AvgIpc) is 2.30. The number of hydrogen-bond donors (Lipinski definition) is 1. The highest BCUT2D eigenvalue weighted by molar-refractivity contribution is 5.69. The summed E-state index contributed by atoms with van der Waals surface area (Å²) in [5, 5.41) is 9.15.